The Labute approximate surface area is 128 Å². The van der Waals surface area contributed by atoms with Crippen LogP contribution in [0.1, 0.15) is 57.4 Å². The van der Waals surface area contributed by atoms with Crippen LogP contribution in [-0.4, -0.2) is 17.4 Å². The summed E-state index contributed by atoms with van der Waals surface area (Å²) in [7, 11) is 0. The van der Waals surface area contributed by atoms with E-state index in [1.54, 1.807) is 0 Å². The van der Waals surface area contributed by atoms with Crippen LogP contribution in [0.3, 0.4) is 0 Å². The smallest absolute Gasteiger partial charge is 0.226 e. The molecule has 0 radical (unpaired) electrons. The van der Waals surface area contributed by atoms with Crippen LogP contribution in [0.15, 0.2) is 30.3 Å². The third-order valence-corrected chi connectivity index (χ3v) is 5.42. The van der Waals surface area contributed by atoms with Crippen LogP contribution in [0.25, 0.3) is 0 Å². The first-order valence-corrected chi connectivity index (χ1v) is 8.49. The van der Waals surface area contributed by atoms with Gasteiger partial charge >= 0.3 is 0 Å². The second-order valence-electron chi connectivity index (χ2n) is 7.31. The van der Waals surface area contributed by atoms with Crippen molar-refractivity contribution in [2.24, 2.45) is 11.3 Å². The maximum atomic E-state index is 12.7. The van der Waals surface area contributed by atoms with Crippen molar-refractivity contribution in [2.45, 2.75) is 58.4 Å². The monoisotopic (exact) mass is 285 g/mol. The molecule has 0 aromatic heterocycles. The van der Waals surface area contributed by atoms with Crippen molar-refractivity contribution in [3.8, 4) is 0 Å². The van der Waals surface area contributed by atoms with Gasteiger partial charge in [0.15, 0.2) is 0 Å². The molecule has 1 amide bonds. The lowest BCUT2D eigenvalue weighted by Crippen LogP contribution is -2.30. The maximum absolute atomic E-state index is 12.7. The molecular formula is C19H27NO. The lowest BCUT2D eigenvalue weighted by atomic mass is 9.70. The standard InChI is InChI=1S/C19H27NO/c1-19(11-6-3-7-12-19)14-17-10-13-20(18(17)21)15-16-8-4-2-5-9-16/h2,4-5,8-9,17H,3,6-7,10-15H2,1H3. The summed E-state index contributed by atoms with van der Waals surface area (Å²) in [6.07, 6.45) is 8.88. The van der Waals surface area contributed by atoms with E-state index in [9.17, 15) is 4.79 Å². The molecule has 1 aliphatic heterocycles. The van der Waals surface area contributed by atoms with Gasteiger partial charge in [-0.05, 0) is 36.7 Å². The number of hydrogen-bond donors (Lipinski definition) is 0. The average Bonchev–Trinajstić information content (AvgIpc) is 2.82. The molecule has 0 bridgehead atoms. The number of likely N-dealkylation sites (tertiary alicyclic amines) is 1. The summed E-state index contributed by atoms with van der Waals surface area (Å²) in [6.45, 7) is 4.13. The normalized spacial score (nSPS) is 25.3. The van der Waals surface area contributed by atoms with Crippen LogP contribution in [-0.2, 0) is 11.3 Å². The van der Waals surface area contributed by atoms with E-state index in [4.69, 9.17) is 0 Å². The molecule has 1 atom stereocenters. The molecule has 0 spiro atoms. The van der Waals surface area contributed by atoms with E-state index in [0.717, 1.165) is 25.9 Å². The minimum Gasteiger partial charge on any atom is -0.338 e. The van der Waals surface area contributed by atoms with Crippen LogP contribution in [0.4, 0.5) is 0 Å². The van der Waals surface area contributed by atoms with Gasteiger partial charge in [0.1, 0.15) is 0 Å². The van der Waals surface area contributed by atoms with Gasteiger partial charge < -0.3 is 4.90 Å². The number of benzene rings is 1. The van der Waals surface area contributed by atoms with Crippen molar-refractivity contribution in [3.63, 3.8) is 0 Å². The number of carbonyl (C=O) groups is 1. The van der Waals surface area contributed by atoms with E-state index in [2.05, 4.69) is 36.1 Å². The van der Waals surface area contributed by atoms with E-state index in [1.807, 2.05) is 6.07 Å². The Morgan fingerprint density at radius 3 is 2.57 bits per heavy atom. The molecule has 1 heterocycles. The molecule has 1 saturated carbocycles. The topological polar surface area (TPSA) is 20.3 Å². The molecule has 1 unspecified atom stereocenters. The molecule has 2 fully saturated rings. The first kappa shape index (κ1) is 14.6. The highest BCUT2D eigenvalue weighted by Crippen LogP contribution is 2.43. The number of carbonyl (C=O) groups excluding carboxylic acids is 1. The van der Waals surface area contributed by atoms with E-state index in [-0.39, 0.29) is 5.92 Å². The Morgan fingerprint density at radius 2 is 1.86 bits per heavy atom. The number of nitrogens with zero attached hydrogens (tertiary/aromatic N) is 1. The first-order valence-electron chi connectivity index (χ1n) is 8.49. The zero-order valence-corrected chi connectivity index (χ0v) is 13.2. The van der Waals surface area contributed by atoms with Gasteiger partial charge in [-0.1, -0.05) is 56.5 Å². The van der Waals surface area contributed by atoms with Gasteiger partial charge in [0.2, 0.25) is 5.91 Å². The highest BCUT2D eigenvalue weighted by molar-refractivity contribution is 5.80. The maximum Gasteiger partial charge on any atom is 0.226 e. The zero-order valence-electron chi connectivity index (χ0n) is 13.2. The lowest BCUT2D eigenvalue weighted by molar-refractivity contribution is -0.132. The van der Waals surface area contributed by atoms with Gasteiger partial charge in [-0.15, -0.1) is 0 Å². The third kappa shape index (κ3) is 3.48. The molecule has 1 aliphatic carbocycles. The third-order valence-electron chi connectivity index (χ3n) is 5.42. The number of amides is 1. The molecule has 1 saturated heterocycles. The van der Waals surface area contributed by atoms with E-state index in [0.29, 0.717) is 11.3 Å². The Balaban J connectivity index is 1.58. The molecule has 2 aliphatic rings. The first-order chi connectivity index (χ1) is 10.2. The highest BCUT2D eigenvalue weighted by Gasteiger charge is 2.37. The summed E-state index contributed by atoms with van der Waals surface area (Å²) < 4.78 is 0. The van der Waals surface area contributed by atoms with Gasteiger partial charge in [-0.2, -0.15) is 0 Å². The molecule has 0 N–H and O–H groups in total. The summed E-state index contributed by atoms with van der Waals surface area (Å²) in [5, 5.41) is 0. The van der Waals surface area contributed by atoms with E-state index < -0.39 is 0 Å². The molecule has 3 rings (SSSR count). The van der Waals surface area contributed by atoms with Crippen molar-refractivity contribution in [3.05, 3.63) is 35.9 Å². The summed E-state index contributed by atoms with van der Waals surface area (Å²) in [5.74, 6) is 0.669. The summed E-state index contributed by atoms with van der Waals surface area (Å²) in [4.78, 5) is 14.7. The minimum atomic E-state index is 0.275. The Bertz CT molecular complexity index is 476. The van der Waals surface area contributed by atoms with Gasteiger partial charge in [-0.3, -0.25) is 4.79 Å². The zero-order chi connectivity index (χ0) is 14.7. The fourth-order valence-electron chi connectivity index (χ4n) is 4.16. The highest BCUT2D eigenvalue weighted by atomic mass is 16.2. The van der Waals surface area contributed by atoms with Crippen molar-refractivity contribution >= 4 is 5.91 Å². The largest absolute Gasteiger partial charge is 0.338 e. The second kappa shape index (κ2) is 6.21. The Kier molecular flexibility index (Phi) is 4.32. The Hall–Kier alpha value is -1.31. The summed E-state index contributed by atoms with van der Waals surface area (Å²) in [5.41, 5.74) is 1.66. The van der Waals surface area contributed by atoms with Gasteiger partial charge in [0.25, 0.3) is 0 Å². The van der Waals surface area contributed by atoms with Crippen molar-refractivity contribution in [1.29, 1.82) is 0 Å². The van der Waals surface area contributed by atoms with Gasteiger partial charge in [-0.25, -0.2) is 0 Å². The molecule has 21 heavy (non-hydrogen) atoms. The molecule has 1 aromatic rings. The van der Waals surface area contributed by atoms with Crippen LogP contribution < -0.4 is 0 Å². The van der Waals surface area contributed by atoms with Crippen LogP contribution in [0.5, 0.6) is 0 Å². The molecule has 2 heteroatoms. The van der Waals surface area contributed by atoms with Crippen LogP contribution in [0.2, 0.25) is 0 Å². The predicted molar refractivity (Wildman–Crippen MR) is 85.8 cm³/mol. The second-order valence-corrected chi connectivity index (χ2v) is 7.31. The lowest BCUT2D eigenvalue weighted by Gasteiger charge is -2.35. The number of rotatable bonds is 4. The predicted octanol–water partition coefficient (Wildman–Crippen LogP) is 4.40. The summed E-state index contributed by atoms with van der Waals surface area (Å²) in [6, 6.07) is 10.4. The fraction of sp³-hybridized carbons (Fsp3) is 0.632. The quantitative estimate of drug-likeness (QED) is 0.803. The molecule has 2 nitrogen and oxygen atoms in total. The molecular weight excluding hydrogens is 258 g/mol. The van der Waals surface area contributed by atoms with Gasteiger partial charge in [0.05, 0.1) is 0 Å². The van der Waals surface area contributed by atoms with Gasteiger partial charge in [0, 0.05) is 19.0 Å². The summed E-state index contributed by atoms with van der Waals surface area (Å²) >= 11 is 0. The Morgan fingerprint density at radius 1 is 1.14 bits per heavy atom. The minimum absolute atomic E-state index is 0.275. The average molecular weight is 285 g/mol. The molecule has 114 valence electrons. The fourth-order valence-corrected chi connectivity index (χ4v) is 4.16. The van der Waals surface area contributed by atoms with Crippen molar-refractivity contribution < 1.29 is 4.79 Å². The van der Waals surface area contributed by atoms with Crippen LogP contribution in [0, 0.1) is 11.3 Å². The van der Waals surface area contributed by atoms with Crippen LogP contribution >= 0.6 is 0 Å². The van der Waals surface area contributed by atoms with Crippen molar-refractivity contribution in [2.75, 3.05) is 6.54 Å². The van der Waals surface area contributed by atoms with E-state index >= 15 is 0 Å². The van der Waals surface area contributed by atoms with E-state index in [1.165, 1.54) is 37.7 Å². The molecule has 1 aromatic carbocycles. The number of hydrogen-bond acceptors (Lipinski definition) is 1. The van der Waals surface area contributed by atoms with Crippen molar-refractivity contribution in [1.82, 2.24) is 4.90 Å². The SMILES string of the molecule is CC1(CC2CCN(Cc3ccccc3)C2=O)CCCCC1.